The molecule has 10 nitrogen and oxygen atoms in total. The summed E-state index contributed by atoms with van der Waals surface area (Å²) >= 11 is 0. The van der Waals surface area contributed by atoms with E-state index in [1.165, 1.54) is 12.0 Å². The fourth-order valence-electron chi connectivity index (χ4n) is 5.12. The van der Waals surface area contributed by atoms with Gasteiger partial charge < -0.3 is 38.6 Å². The highest BCUT2D eigenvalue weighted by Gasteiger charge is 2.46. The number of amides is 1. The molecule has 2 aromatic rings. The highest BCUT2D eigenvalue weighted by atomic mass is 16.6. The van der Waals surface area contributed by atoms with Gasteiger partial charge in [0.1, 0.15) is 32.1 Å². The number of quaternary nitrogens is 1. The molecule has 0 bridgehead atoms. The van der Waals surface area contributed by atoms with Gasteiger partial charge in [0, 0.05) is 5.56 Å². The minimum absolute atomic E-state index is 0.0230. The third kappa shape index (κ3) is 5.01. The molecule has 3 aliphatic heterocycles. The van der Waals surface area contributed by atoms with Gasteiger partial charge in [0.25, 0.3) is 11.7 Å². The number of carbonyl (C=O) groups excluding carboxylic acids is 2. The van der Waals surface area contributed by atoms with Gasteiger partial charge in [-0.3, -0.25) is 9.59 Å². The van der Waals surface area contributed by atoms with Crippen LogP contribution in [0.15, 0.2) is 42.0 Å². The van der Waals surface area contributed by atoms with Gasteiger partial charge >= 0.3 is 0 Å². The minimum Gasteiger partial charge on any atom is -0.507 e. The van der Waals surface area contributed by atoms with Gasteiger partial charge in [0.15, 0.2) is 23.0 Å². The summed E-state index contributed by atoms with van der Waals surface area (Å²) in [5.74, 6) is 0.439. The maximum absolute atomic E-state index is 13.4. The normalized spacial score (nSPS) is 21.0. The lowest BCUT2D eigenvalue weighted by atomic mass is 9.94. The molecule has 2 aromatic carbocycles. The predicted molar refractivity (Wildman–Crippen MR) is 137 cm³/mol. The molecule has 2 saturated heterocycles. The van der Waals surface area contributed by atoms with Crippen LogP contribution in [0.2, 0.25) is 0 Å². The van der Waals surface area contributed by atoms with Crippen molar-refractivity contribution in [2.24, 2.45) is 0 Å². The summed E-state index contributed by atoms with van der Waals surface area (Å²) in [5.41, 5.74) is 1.03. The average Bonchev–Trinajstić information content (AvgIpc) is 3.21. The fraction of sp³-hybridized carbons (Fsp3) is 0.429. The summed E-state index contributed by atoms with van der Waals surface area (Å²) in [6, 6.07) is 9.50. The first kappa shape index (κ1) is 25.9. The van der Waals surface area contributed by atoms with Crippen molar-refractivity contribution in [2.45, 2.75) is 13.0 Å². The Hall–Kier alpha value is -3.76. The van der Waals surface area contributed by atoms with E-state index in [0.29, 0.717) is 80.2 Å². The summed E-state index contributed by atoms with van der Waals surface area (Å²) in [6.07, 6.45) is 0. The number of nitrogens with zero attached hydrogens (tertiary/aromatic N) is 1. The lowest BCUT2D eigenvalue weighted by molar-refractivity contribution is -0.907. The van der Waals surface area contributed by atoms with Crippen molar-refractivity contribution in [3.8, 4) is 23.0 Å². The highest BCUT2D eigenvalue weighted by molar-refractivity contribution is 6.46. The molecule has 0 spiro atoms. The number of carbonyl (C=O) groups is 2. The Balaban J connectivity index is 1.56. The lowest BCUT2D eigenvalue weighted by Crippen LogP contribution is -3.14. The van der Waals surface area contributed by atoms with Gasteiger partial charge in [-0.15, -0.1) is 0 Å². The number of ketones is 1. The molecule has 0 aromatic heterocycles. The Morgan fingerprint density at radius 2 is 1.79 bits per heavy atom. The van der Waals surface area contributed by atoms with Gasteiger partial charge in [0.2, 0.25) is 0 Å². The molecule has 38 heavy (non-hydrogen) atoms. The second-order valence-electron chi connectivity index (χ2n) is 9.31. The van der Waals surface area contributed by atoms with Crippen LogP contribution in [0.25, 0.3) is 5.76 Å². The maximum Gasteiger partial charge on any atom is 0.295 e. The van der Waals surface area contributed by atoms with Crippen LogP contribution < -0.4 is 23.8 Å². The van der Waals surface area contributed by atoms with Crippen LogP contribution in [0.4, 0.5) is 0 Å². The fourth-order valence-corrected chi connectivity index (χ4v) is 5.12. The van der Waals surface area contributed by atoms with Crippen molar-refractivity contribution in [3.63, 3.8) is 0 Å². The molecule has 3 heterocycles. The number of hydrogen-bond acceptors (Lipinski definition) is 8. The Bertz CT molecular complexity index is 1240. The Labute approximate surface area is 221 Å². The van der Waals surface area contributed by atoms with E-state index in [1.54, 1.807) is 41.3 Å². The summed E-state index contributed by atoms with van der Waals surface area (Å²) in [7, 11) is 1.54. The number of Topliss-reactive ketones (excluding diaryl/α,β-unsaturated/α-hetero) is 1. The summed E-state index contributed by atoms with van der Waals surface area (Å²) in [6.45, 7) is 7.17. The predicted octanol–water partition coefficient (Wildman–Crippen LogP) is 1.20. The summed E-state index contributed by atoms with van der Waals surface area (Å²) in [4.78, 5) is 29.6. The number of fused-ring (bicyclic) bond motifs is 1. The molecule has 0 unspecified atom stereocenters. The molecule has 5 rings (SSSR count). The second-order valence-corrected chi connectivity index (χ2v) is 9.31. The topological polar surface area (TPSA) is 108 Å². The molecule has 1 amide bonds. The number of aliphatic hydroxyl groups excluding tert-OH is 1. The van der Waals surface area contributed by atoms with E-state index in [1.807, 2.05) is 6.92 Å². The minimum atomic E-state index is -0.798. The van der Waals surface area contributed by atoms with Gasteiger partial charge in [-0.05, 0) is 42.8 Å². The highest BCUT2D eigenvalue weighted by Crippen LogP contribution is 2.43. The third-order valence-corrected chi connectivity index (χ3v) is 7.06. The van der Waals surface area contributed by atoms with Crippen LogP contribution in [0.3, 0.4) is 0 Å². The number of morpholine rings is 1. The van der Waals surface area contributed by atoms with Gasteiger partial charge in [-0.25, -0.2) is 0 Å². The zero-order chi connectivity index (χ0) is 26.6. The molecule has 2 fully saturated rings. The molecular weight excluding hydrogens is 492 g/mol. The summed E-state index contributed by atoms with van der Waals surface area (Å²) < 4.78 is 27.9. The van der Waals surface area contributed by atoms with Gasteiger partial charge in [-0.2, -0.15) is 0 Å². The van der Waals surface area contributed by atoms with Crippen LogP contribution in [-0.2, 0) is 14.3 Å². The first-order valence-electron chi connectivity index (χ1n) is 12.9. The lowest BCUT2D eigenvalue weighted by Gasteiger charge is -2.29. The number of aliphatic hydroxyl groups is 1. The van der Waals surface area contributed by atoms with Crippen molar-refractivity contribution in [3.05, 3.63) is 53.1 Å². The van der Waals surface area contributed by atoms with E-state index in [2.05, 4.69) is 0 Å². The largest absolute Gasteiger partial charge is 0.507 e. The third-order valence-electron chi connectivity index (χ3n) is 7.06. The van der Waals surface area contributed by atoms with Crippen LogP contribution in [0.5, 0.6) is 23.0 Å². The monoisotopic (exact) mass is 525 g/mol. The number of hydrogen-bond donors (Lipinski definition) is 2. The Morgan fingerprint density at radius 1 is 1.03 bits per heavy atom. The quantitative estimate of drug-likeness (QED) is 0.301. The van der Waals surface area contributed by atoms with Crippen molar-refractivity contribution < 1.29 is 43.3 Å². The smallest absolute Gasteiger partial charge is 0.295 e. The molecule has 10 heteroatoms. The molecule has 2 N–H and O–H groups in total. The van der Waals surface area contributed by atoms with Gasteiger partial charge in [0.05, 0.1) is 51.6 Å². The maximum atomic E-state index is 13.4. The van der Waals surface area contributed by atoms with Crippen molar-refractivity contribution in [2.75, 3.05) is 66.3 Å². The van der Waals surface area contributed by atoms with Crippen LogP contribution in [-0.4, -0.2) is 88.0 Å². The molecule has 0 aliphatic carbocycles. The van der Waals surface area contributed by atoms with E-state index in [-0.39, 0.29) is 11.3 Å². The van der Waals surface area contributed by atoms with Crippen LogP contribution in [0, 0.1) is 0 Å². The number of nitrogens with one attached hydrogen (secondary N) is 1. The standard InChI is InChI=1S/C28H32N2O8/c1-3-36-20-6-4-18(16-22(20)34-2)25-24(26(31)19-5-7-21-23(17-19)38-15-14-37-21)27(32)28(33)30(25)9-8-29-10-12-35-13-11-29/h4-7,16-17,25,31H,3,8-15H2,1-2H3/p+1/t25-/m0/s1. The number of rotatable bonds is 8. The second kappa shape index (κ2) is 11.3. The zero-order valence-electron chi connectivity index (χ0n) is 21.7. The molecule has 0 saturated carbocycles. The molecule has 0 radical (unpaired) electrons. The SMILES string of the molecule is CCOc1ccc([C@H]2C(=C(O)c3ccc4c(c3)OCCO4)C(=O)C(=O)N2CC[NH+]2CCOCC2)cc1OC. The average molecular weight is 526 g/mol. The van der Waals surface area contributed by atoms with E-state index >= 15 is 0 Å². The van der Waals surface area contributed by atoms with E-state index in [9.17, 15) is 14.7 Å². The van der Waals surface area contributed by atoms with Crippen molar-refractivity contribution >= 4 is 17.4 Å². The first-order chi connectivity index (χ1) is 18.5. The van der Waals surface area contributed by atoms with Gasteiger partial charge in [-0.1, -0.05) is 6.07 Å². The van der Waals surface area contributed by atoms with Crippen molar-refractivity contribution in [1.29, 1.82) is 0 Å². The van der Waals surface area contributed by atoms with Crippen molar-refractivity contribution in [1.82, 2.24) is 4.90 Å². The number of methoxy groups -OCH3 is 1. The molecular formula is C28H33N2O8+. The Kier molecular flexibility index (Phi) is 7.71. The van der Waals surface area contributed by atoms with E-state index in [4.69, 9.17) is 23.7 Å². The van der Waals surface area contributed by atoms with Crippen LogP contribution >= 0.6 is 0 Å². The Morgan fingerprint density at radius 3 is 2.53 bits per heavy atom. The molecule has 202 valence electrons. The van der Waals surface area contributed by atoms with E-state index < -0.39 is 17.7 Å². The first-order valence-corrected chi connectivity index (χ1v) is 12.9. The number of ether oxygens (including phenoxy) is 5. The molecule has 3 aliphatic rings. The zero-order valence-corrected chi connectivity index (χ0v) is 21.7. The summed E-state index contributed by atoms with van der Waals surface area (Å²) in [5, 5.41) is 11.4. The number of benzene rings is 2. The molecule has 1 atom stereocenters. The van der Waals surface area contributed by atoms with E-state index in [0.717, 1.165) is 13.1 Å². The number of likely N-dealkylation sites (tertiary alicyclic amines) is 1. The van der Waals surface area contributed by atoms with Crippen LogP contribution in [0.1, 0.15) is 24.1 Å².